The Labute approximate surface area is 88.8 Å². The number of hydrogen-bond acceptors (Lipinski definition) is 3. The molecule has 15 heavy (non-hydrogen) atoms. The van der Waals surface area contributed by atoms with Crippen LogP contribution in [0.2, 0.25) is 0 Å². The van der Waals surface area contributed by atoms with Crippen molar-refractivity contribution < 1.29 is 14.7 Å². The Morgan fingerprint density at radius 3 is 2.60 bits per heavy atom. The van der Waals surface area contributed by atoms with Crippen molar-refractivity contribution in [3.63, 3.8) is 0 Å². The molecule has 1 saturated heterocycles. The number of carboxylic acids is 1. The third kappa shape index (κ3) is 4.49. The molecule has 1 rings (SSSR count). The Morgan fingerprint density at radius 1 is 1.33 bits per heavy atom. The predicted molar refractivity (Wildman–Crippen MR) is 55.2 cm³/mol. The van der Waals surface area contributed by atoms with Crippen molar-refractivity contribution in [2.75, 3.05) is 19.6 Å². The van der Waals surface area contributed by atoms with Gasteiger partial charge in [0.1, 0.15) is 0 Å². The van der Waals surface area contributed by atoms with E-state index in [2.05, 4.69) is 5.32 Å². The number of amides is 1. The van der Waals surface area contributed by atoms with Gasteiger partial charge >= 0.3 is 5.97 Å². The minimum absolute atomic E-state index is 0.142. The van der Waals surface area contributed by atoms with Crippen LogP contribution in [0.1, 0.15) is 19.3 Å². The molecule has 0 bridgehead atoms. The normalized spacial score (nSPS) is 15.9. The highest BCUT2D eigenvalue weighted by atomic mass is 16.4. The molecular formula is C10H16N2O3. The molecular weight excluding hydrogens is 196 g/mol. The molecule has 2 N–H and O–H groups in total. The summed E-state index contributed by atoms with van der Waals surface area (Å²) in [6.45, 7) is 2.21. The van der Waals surface area contributed by atoms with Crippen LogP contribution >= 0.6 is 0 Å². The second-order valence-electron chi connectivity index (χ2n) is 3.46. The lowest BCUT2D eigenvalue weighted by Crippen LogP contribution is -2.29. The summed E-state index contributed by atoms with van der Waals surface area (Å²) < 4.78 is 0. The molecule has 84 valence electrons. The molecule has 0 aromatic heterocycles. The second-order valence-corrected chi connectivity index (χ2v) is 3.46. The van der Waals surface area contributed by atoms with Crippen molar-refractivity contribution in [2.24, 2.45) is 0 Å². The highest BCUT2D eigenvalue weighted by Gasteiger charge is 2.16. The minimum atomic E-state index is -0.992. The Kier molecular flexibility index (Phi) is 4.66. The van der Waals surface area contributed by atoms with E-state index in [4.69, 9.17) is 5.11 Å². The van der Waals surface area contributed by atoms with E-state index in [9.17, 15) is 9.59 Å². The summed E-state index contributed by atoms with van der Waals surface area (Å²) in [7, 11) is 0. The number of hydrogen-bond donors (Lipinski definition) is 2. The maximum atomic E-state index is 11.5. The maximum absolute atomic E-state index is 11.5. The van der Waals surface area contributed by atoms with E-state index in [0.29, 0.717) is 13.0 Å². The number of likely N-dealkylation sites (tertiary alicyclic amines) is 1. The summed E-state index contributed by atoms with van der Waals surface area (Å²) in [5, 5.41) is 11.1. The van der Waals surface area contributed by atoms with Crippen molar-refractivity contribution in [1.82, 2.24) is 10.2 Å². The highest BCUT2D eigenvalue weighted by Crippen LogP contribution is 2.08. The molecule has 1 heterocycles. The molecule has 5 nitrogen and oxygen atoms in total. The molecule has 1 amide bonds. The van der Waals surface area contributed by atoms with Gasteiger partial charge < -0.3 is 15.3 Å². The smallest absolute Gasteiger partial charge is 0.329 e. The van der Waals surface area contributed by atoms with Gasteiger partial charge in [-0.2, -0.15) is 0 Å². The maximum Gasteiger partial charge on any atom is 0.329 e. The van der Waals surface area contributed by atoms with Crippen molar-refractivity contribution in [1.29, 1.82) is 0 Å². The fraction of sp³-hybridized carbons (Fsp3) is 0.600. The lowest BCUT2D eigenvalue weighted by atomic mass is 10.3. The topological polar surface area (TPSA) is 69.6 Å². The SMILES string of the molecule is O=C(O)/C=C/NCCC(=O)N1CCCC1. The van der Waals surface area contributed by atoms with Crippen LogP contribution in [0.15, 0.2) is 12.3 Å². The van der Waals surface area contributed by atoms with Gasteiger partial charge in [0.25, 0.3) is 0 Å². The summed E-state index contributed by atoms with van der Waals surface area (Å²) >= 11 is 0. The standard InChI is InChI=1S/C10H16N2O3/c13-9(12-7-1-2-8-12)3-5-11-6-4-10(14)15/h4,6,11H,1-3,5,7-8H2,(H,14,15)/b6-4+. The lowest BCUT2D eigenvalue weighted by Gasteiger charge is -2.14. The Morgan fingerprint density at radius 2 is 2.00 bits per heavy atom. The number of aliphatic carboxylic acids is 1. The van der Waals surface area contributed by atoms with E-state index in [0.717, 1.165) is 32.0 Å². The third-order valence-electron chi connectivity index (χ3n) is 2.29. The predicted octanol–water partition coefficient (Wildman–Crippen LogP) is 0.187. The zero-order valence-corrected chi connectivity index (χ0v) is 8.61. The number of carbonyl (C=O) groups excluding carboxylic acids is 1. The van der Waals surface area contributed by atoms with Crippen molar-refractivity contribution in [2.45, 2.75) is 19.3 Å². The van der Waals surface area contributed by atoms with Gasteiger partial charge in [-0.15, -0.1) is 0 Å². The first kappa shape index (κ1) is 11.6. The fourth-order valence-corrected chi connectivity index (χ4v) is 1.52. The number of carbonyl (C=O) groups is 2. The number of nitrogens with zero attached hydrogens (tertiary/aromatic N) is 1. The van der Waals surface area contributed by atoms with Gasteiger partial charge in [0.05, 0.1) is 0 Å². The van der Waals surface area contributed by atoms with E-state index in [1.54, 1.807) is 0 Å². The first-order chi connectivity index (χ1) is 7.20. The van der Waals surface area contributed by atoms with Gasteiger partial charge in [-0.1, -0.05) is 0 Å². The van der Waals surface area contributed by atoms with Crippen molar-refractivity contribution in [3.8, 4) is 0 Å². The van der Waals surface area contributed by atoms with Crippen molar-refractivity contribution in [3.05, 3.63) is 12.3 Å². The monoisotopic (exact) mass is 212 g/mol. The Balaban J connectivity index is 2.09. The van der Waals surface area contributed by atoms with Crippen molar-refractivity contribution >= 4 is 11.9 Å². The quantitative estimate of drug-likeness (QED) is 0.504. The van der Waals surface area contributed by atoms with Crippen LogP contribution in [0.4, 0.5) is 0 Å². The van der Waals surface area contributed by atoms with E-state index >= 15 is 0 Å². The van der Waals surface area contributed by atoms with Crippen LogP contribution in [0.25, 0.3) is 0 Å². The van der Waals surface area contributed by atoms with Gasteiger partial charge in [-0.05, 0) is 12.8 Å². The molecule has 0 radical (unpaired) electrons. The van der Waals surface area contributed by atoms with Gasteiger partial charge in [-0.25, -0.2) is 4.79 Å². The van der Waals surface area contributed by atoms with Gasteiger partial charge in [-0.3, -0.25) is 4.79 Å². The molecule has 0 aliphatic carbocycles. The third-order valence-corrected chi connectivity index (χ3v) is 2.29. The van der Waals surface area contributed by atoms with Gasteiger partial charge in [0, 0.05) is 38.3 Å². The van der Waals surface area contributed by atoms with Crippen LogP contribution in [0.3, 0.4) is 0 Å². The minimum Gasteiger partial charge on any atom is -0.478 e. The molecule has 0 spiro atoms. The van der Waals surface area contributed by atoms with Crippen LogP contribution in [-0.2, 0) is 9.59 Å². The van der Waals surface area contributed by atoms with Gasteiger partial charge in [0.15, 0.2) is 0 Å². The first-order valence-electron chi connectivity index (χ1n) is 5.11. The molecule has 0 saturated carbocycles. The van der Waals surface area contributed by atoms with E-state index < -0.39 is 5.97 Å². The largest absolute Gasteiger partial charge is 0.478 e. The van der Waals surface area contributed by atoms with Gasteiger partial charge in [0.2, 0.25) is 5.91 Å². The second kappa shape index (κ2) is 6.06. The molecule has 0 aromatic carbocycles. The molecule has 0 unspecified atom stereocenters. The Bertz CT molecular complexity index is 257. The Hall–Kier alpha value is -1.52. The molecule has 0 aromatic rings. The van der Waals surface area contributed by atoms with Crippen LogP contribution in [0.5, 0.6) is 0 Å². The number of nitrogens with one attached hydrogen (secondary N) is 1. The van der Waals surface area contributed by atoms with E-state index in [1.807, 2.05) is 4.90 Å². The number of rotatable bonds is 5. The molecule has 1 fully saturated rings. The average Bonchev–Trinajstić information content (AvgIpc) is 2.69. The fourth-order valence-electron chi connectivity index (χ4n) is 1.52. The zero-order valence-electron chi connectivity index (χ0n) is 8.61. The number of carboxylic acid groups (broad SMARTS) is 1. The summed E-state index contributed by atoms with van der Waals surface area (Å²) in [6, 6.07) is 0. The van der Waals surface area contributed by atoms with Crippen LogP contribution in [0, 0.1) is 0 Å². The molecule has 0 atom stereocenters. The zero-order chi connectivity index (χ0) is 11.1. The molecule has 1 aliphatic rings. The van der Waals surface area contributed by atoms with E-state index in [1.165, 1.54) is 6.20 Å². The molecule has 5 heteroatoms. The summed E-state index contributed by atoms with van der Waals surface area (Å²) in [4.78, 5) is 23.4. The highest BCUT2D eigenvalue weighted by molar-refractivity contribution is 5.79. The first-order valence-corrected chi connectivity index (χ1v) is 5.11. The molecule has 1 aliphatic heterocycles. The lowest BCUT2D eigenvalue weighted by molar-refractivity contribution is -0.131. The van der Waals surface area contributed by atoms with Crippen LogP contribution < -0.4 is 5.32 Å². The summed E-state index contributed by atoms with van der Waals surface area (Å²) in [5.41, 5.74) is 0. The van der Waals surface area contributed by atoms with Crippen LogP contribution in [-0.4, -0.2) is 41.5 Å². The average molecular weight is 212 g/mol. The summed E-state index contributed by atoms with van der Waals surface area (Å²) in [6.07, 6.45) is 4.97. The van der Waals surface area contributed by atoms with E-state index in [-0.39, 0.29) is 5.91 Å². The summed E-state index contributed by atoms with van der Waals surface area (Å²) in [5.74, 6) is -0.850.